The molecule has 7 heteroatoms. The van der Waals surface area contributed by atoms with E-state index < -0.39 is 24.4 Å². The third-order valence-electron chi connectivity index (χ3n) is 5.72. The normalized spacial score (nSPS) is 29.5. The molecule has 1 aliphatic heterocycles. The average Bonchev–Trinajstić information content (AvgIpc) is 3.30. The zero-order chi connectivity index (χ0) is 18.3. The first-order valence-electron chi connectivity index (χ1n) is 9.20. The number of aliphatic hydroxyl groups excluding tert-OH is 3. The summed E-state index contributed by atoms with van der Waals surface area (Å²) in [5.74, 6) is 0.912. The number of hydrogen-bond acceptors (Lipinski definition) is 7. The van der Waals surface area contributed by atoms with Gasteiger partial charge in [0.05, 0.1) is 12.1 Å². The van der Waals surface area contributed by atoms with Crippen LogP contribution < -0.4 is 4.90 Å². The van der Waals surface area contributed by atoms with Gasteiger partial charge in [0.2, 0.25) is 0 Å². The maximum absolute atomic E-state index is 10.2. The Balaban J connectivity index is 1.66. The monoisotopic (exact) mass is 359 g/mol. The largest absolute Gasteiger partial charge is 0.394 e. The van der Waals surface area contributed by atoms with Crippen LogP contribution in [-0.2, 0) is 4.74 Å². The first kappa shape index (κ1) is 17.6. The van der Waals surface area contributed by atoms with E-state index in [1.54, 1.807) is 6.33 Å². The number of ether oxygens (including phenoxy) is 1. The van der Waals surface area contributed by atoms with Crippen LogP contribution in [0.15, 0.2) is 24.5 Å². The van der Waals surface area contributed by atoms with Gasteiger partial charge in [-0.3, -0.25) is 0 Å². The Morgan fingerprint density at radius 2 is 1.92 bits per heavy atom. The number of aliphatic hydroxyl groups is 3. The molecule has 2 aromatic rings. The second kappa shape index (κ2) is 7.08. The van der Waals surface area contributed by atoms with Gasteiger partial charge in [0, 0.05) is 18.5 Å². The van der Waals surface area contributed by atoms with Gasteiger partial charge in [0.1, 0.15) is 36.6 Å². The summed E-state index contributed by atoms with van der Waals surface area (Å²) in [6, 6.07) is 6.19. The van der Waals surface area contributed by atoms with Crippen LogP contribution in [0.2, 0.25) is 0 Å². The fourth-order valence-corrected chi connectivity index (χ4v) is 4.16. The highest BCUT2D eigenvalue weighted by atomic mass is 16.6. The smallest absolute Gasteiger partial charge is 0.139 e. The molecule has 1 aromatic carbocycles. The SMILES string of the molecule is CN(c1ncnc2cc([C@@H]3O[C@H](CO)[C@@H](O)[C@H]3O)ccc12)C1CCCC1. The number of anilines is 1. The third kappa shape index (κ3) is 2.95. The molecule has 0 spiro atoms. The van der Waals surface area contributed by atoms with Crippen molar-refractivity contribution in [3.63, 3.8) is 0 Å². The lowest BCUT2D eigenvalue weighted by atomic mass is 10.00. The van der Waals surface area contributed by atoms with Crippen molar-refractivity contribution in [1.82, 2.24) is 9.97 Å². The van der Waals surface area contributed by atoms with Crippen LogP contribution >= 0.6 is 0 Å². The lowest BCUT2D eigenvalue weighted by molar-refractivity contribution is -0.0227. The van der Waals surface area contributed by atoms with Crippen molar-refractivity contribution in [1.29, 1.82) is 0 Å². The zero-order valence-electron chi connectivity index (χ0n) is 14.8. The van der Waals surface area contributed by atoms with Crippen molar-refractivity contribution >= 4 is 16.7 Å². The molecule has 3 N–H and O–H groups in total. The Bertz CT molecular complexity index is 780. The lowest BCUT2D eigenvalue weighted by Crippen LogP contribution is -2.32. The maximum Gasteiger partial charge on any atom is 0.139 e. The second-order valence-electron chi connectivity index (χ2n) is 7.28. The maximum atomic E-state index is 10.2. The summed E-state index contributed by atoms with van der Waals surface area (Å²) in [4.78, 5) is 11.1. The minimum atomic E-state index is -1.10. The van der Waals surface area contributed by atoms with Crippen LogP contribution in [-0.4, -0.2) is 63.3 Å². The summed E-state index contributed by atoms with van der Waals surface area (Å²) < 4.78 is 5.63. The molecule has 2 fully saturated rings. The highest BCUT2D eigenvalue weighted by Gasteiger charge is 2.43. The summed E-state index contributed by atoms with van der Waals surface area (Å²) in [6.45, 7) is -0.333. The molecule has 2 aliphatic rings. The molecule has 0 radical (unpaired) electrons. The van der Waals surface area contributed by atoms with Gasteiger partial charge >= 0.3 is 0 Å². The van der Waals surface area contributed by atoms with Crippen LogP contribution in [0.5, 0.6) is 0 Å². The fourth-order valence-electron chi connectivity index (χ4n) is 4.16. The Labute approximate surface area is 152 Å². The van der Waals surface area contributed by atoms with E-state index >= 15 is 0 Å². The van der Waals surface area contributed by atoms with Gasteiger partial charge in [-0.1, -0.05) is 18.9 Å². The summed E-state index contributed by atoms with van der Waals surface area (Å²) >= 11 is 0. The molecule has 1 aromatic heterocycles. The summed E-state index contributed by atoms with van der Waals surface area (Å²) in [5, 5.41) is 30.4. The van der Waals surface area contributed by atoms with E-state index in [-0.39, 0.29) is 6.61 Å². The van der Waals surface area contributed by atoms with Gasteiger partial charge < -0.3 is 25.0 Å². The Morgan fingerprint density at radius 3 is 2.62 bits per heavy atom. The quantitative estimate of drug-likeness (QED) is 0.753. The molecule has 140 valence electrons. The molecular weight excluding hydrogens is 334 g/mol. The molecule has 0 bridgehead atoms. The lowest BCUT2D eigenvalue weighted by Gasteiger charge is -2.26. The van der Waals surface area contributed by atoms with Crippen LogP contribution in [0.25, 0.3) is 10.9 Å². The number of rotatable bonds is 4. The predicted molar refractivity (Wildman–Crippen MR) is 96.9 cm³/mol. The second-order valence-corrected chi connectivity index (χ2v) is 7.28. The number of aromatic nitrogens is 2. The van der Waals surface area contributed by atoms with Crippen LogP contribution in [0.1, 0.15) is 37.4 Å². The van der Waals surface area contributed by atoms with Gasteiger partial charge in [-0.05, 0) is 30.5 Å². The molecule has 4 atom stereocenters. The van der Waals surface area contributed by atoms with Crippen molar-refractivity contribution in [3.05, 3.63) is 30.1 Å². The van der Waals surface area contributed by atoms with Gasteiger partial charge in [-0.2, -0.15) is 0 Å². The zero-order valence-corrected chi connectivity index (χ0v) is 14.8. The summed E-state index contributed by atoms with van der Waals surface area (Å²) in [6.07, 6.45) is 2.80. The van der Waals surface area contributed by atoms with Crippen molar-refractivity contribution < 1.29 is 20.1 Å². The Kier molecular flexibility index (Phi) is 4.79. The number of nitrogens with zero attached hydrogens (tertiary/aromatic N) is 3. The van der Waals surface area contributed by atoms with Crippen molar-refractivity contribution in [2.75, 3.05) is 18.6 Å². The highest BCUT2D eigenvalue weighted by molar-refractivity contribution is 5.89. The topological polar surface area (TPSA) is 98.9 Å². The molecule has 4 rings (SSSR count). The Morgan fingerprint density at radius 1 is 1.15 bits per heavy atom. The van der Waals surface area contributed by atoms with Gasteiger partial charge in [0.15, 0.2) is 0 Å². The van der Waals surface area contributed by atoms with Crippen molar-refractivity contribution in [2.24, 2.45) is 0 Å². The van der Waals surface area contributed by atoms with E-state index in [9.17, 15) is 15.3 Å². The van der Waals surface area contributed by atoms with Crippen LogP contribution in [0.3, 0.4) is 0 Å². The van der Waals surface area contributed by atoms with Crippen molar-refractivity contribution in [3.8, 4) is 0 Å². The van der Waals surface area contributed by atoms with Crippen LogP contribution in [0.4, 0.5) is 5.82 Å². The van der Waals surface area contributed by atoms with E-state index in [1.165, 1.54) is 25.7 Å². The molecule has 0 amide bonds. The van der Waals surface area contributed by atoms with Crippen molar-refractivity contribution in [2.45, 2.75) is 56.1 Å². The molecule has 2 heterocycles. The van der Waals surface area contributed by atoms with Crippen LogP contribution in [0, 0.1) is 0 Å². The molecule has 26 heavy (non-hydrogen) atoms. The predicted octanol–water partition coefficient (Wildman–Crippen LogP) is 1.16. The van der Waals surface area contributed by atoms with E-state index in [4.69, 9.17) is 4.74 Å². The first-order valence-corrected chi connectivity index (χ1v) is 9.20. The number of hydrogen-bond donors (Lipinski definition) is 3. The molecule has 1 saturated carbocycles. The number of fused-ring (bicyclic) bond motifs is 1. The average molecular weight is 359 g/mol. The minimum absolute atomic E-state index is 0.333. The summed E-state index contributed by atoms with van der Waals surface area (Å²) in [5.41, 5.74) is 1.50. The standard InChI is InChI=1S/C19H25N3O4/c1-22(12-4-2-3-5-12)19-13-7-6-11(8-14(13)20-10-21-19)18-17(25)16(24)15(9-23)26-18/h6-8,10,12,15-18,23-25H,2-5,9H2,1H3/t15-,16-,17-,18+/m1/s1. The molecule has 7 nitrogen and oxygen atoms in total. The van der Waals surface area contributed by atoms with Gasteiger partial charge in [-0.15, -0.1) is 0 Å². The minimum Gasteiger partial charge on any atom is -0.394 e. The van der Waals surface area contributed by atoms with E-state index in [2.05, 4.69) is 21.9 Å². The fraction of sp³-hybridized carbons (Fsp3) is 0.579. The van der Waals surface area contributed by atoms with Gasteiger partial charge in [0.25, 0.3) is 0 Å². The van der Waals surface area contributed by atoms with Gasteiger partial charge in [-0.25, -0.2) is 9.97 Å². The molecular formula is C19H25N3O4. The molecule has 1 saturated heterocycles. The van der Waals surface area contributed by atoms with E-state index in [1.807, 2.05) is 18.2 Å². The van der Waals surface area contributed by atoms with E-state index in [0.29, 0.717) is 6.04 Å². The summed E-state index contributed by atoms with van der Waals surface area (Å²) in [7, 11) is 2.08. The number of benzene rings is 1. The third-order valence-corrected chi connectivity index (χ3v) is 5.72. The molecule has 1 aliphatic carbocycles. The highest BCUT2D eigenvalue weighted by Crippen LogP contribution is 2.36. The van der Waals surface area contributed by atoms with E-state index in [0.717, 1.165) is 22.3 Å². The first-order chi connectivity index (χ1) is 12.6. The Hall–Kier alpha value is -1.80. The molecule has 0 unspecified atom stereocenters.